The predicted octanol–water partition coefficient (Wildman–Crippen LogP) is 7.72. The molecule has 0 spiro atoms. The summed E-state index contributed by atoms with van der Waals surface area (Å²) < 4.78 is 5.33. The lowest BCUT2D eigenvalue weighted by molar-refractivity contribution is -0.139. The molecule has 2 aliphatic heterocycles. The van der Waals surface area contributed by atoms with Crippen molar-refractivity contribution in [1.29, 1.82) is 0 Å². The fraction of sp³-hybridized carbons (Fsp3) is 0.222. The minimum absolute atomic E-state index is 0.00214. The second-order valence-electron chi connectivity index (χ2n) is 13.6. The van der Waals surface area contributed by atoms with Crippen molar-refractivity contribution < 1.29 is 29.0 Å². The van der Waals surface area contributed by atoms with Crippen LogP contribution in [0.15, 0.2) is 151 Å². The van der Waals surface area contributed by atoms with Crippen molar-refractivity contribution in [2.45, 2.75) is 49.9 Å². The van der Waals surface area contributed by atoms with Gasteiger partial charge in [0.2, 0.25) is 5.91 Å². The molecule has 0 aromatic heterocycles. The van der Waals surface area contributed by atoms with Crippen molar-refractivity contribution in [2.75, 3.05) is 13.2 Å². The van der Waals surface area contributed by atoms with E-state index >= 15 is 0 Å². The molecule has 1 N–H and O–H groups in total. The number of hydrogen-bond acceptors (Lipinski definition) is 7. The minimum atomic E-state index is -1.47. The molecule has 0 saturated carbocycles. The number of imide groups is 1. The van der Waals surface area contributed by atoms with Crippen LogP contribution in [0.4, 0.5) is 4.79 Å². The van der Waals surface area contributed by atoms with Gasteiger partial charge < -0.3 is 9.84 Å². The molecule has 0 unspecified atom stereocenters. The molecule has 9 heteroatoms. The van der Waals surface area contributed by atoms with Gasteiger partial charge in [0, 0.05) is 35.6 Å². The number of rotatable bonds is 13. The van der Waals surface area contributed by atoms with Gasteiger partial charge in [0.1, 0.15) is 12.6 Å². The lowest BCUT2D eigenvalue weighted by atomic mass is 9.86. The normalized spacial score (nSPS) is 18.6. The van der Waals surface area contributed by atoms with Crippen molar-refractivity contribution in [3.8, 4) is 0 Å². The number of ether oxygens (including phenoxy) is 1. The molecule has 54 heavy (non-hydrogen) atoms. The third-order valence-corrected chi connectivity index (χ3v) is 10.2. The minimum Gasteiger partial charge on any atom is -0.480 e. The van der Waals surface area contributed by atoms with E-state index in [1.54, 1.807) is 30.3 Å². The van der Waals surface area contributed by atoms with E-state index in [2.05, 4.69) is 17.0 Å². The topological polar surface area (TPSA) is 117 Å². The summed E-state index contributed by atoms with van der Waals surface area (Å²) in [4.78, 5) is 63.4. The maximum Gasteiger partial charge on any atom is 0.417 e. The van der Waals surface area contributed by atoms with Gasteiger partial charge in [-0.05, 0) is 36.1 Å². The van der Waals surface area contributed by atoms with Crippen LogP contribution in [-0.2, 0) is 20.9 Å². The predicted molar refractivity (Wildman–Crippen MR) is 205 cm³/mol. The summed E-state index contributed by atoms with van der Waals surface area (Å²) in [7, 11) is 0. The number of aliphatic carboxylic acids is 1. The van der Waals surface area contributed by atoms with Gasteiger partial charge in [-0.3, -0.25) is 19.5 Å². The summed E-state index contributed by atoms with van der Waals surface area (Å²) in [6, 6.07) is 42.1. The number of hydrogen-bond donors (Lipinski definition) is 1. The van der Waals surface area contributed by atoms with E-state index in [0.29, 0.717) is 40.9 Å². The van der Waals surface area contributed by atoms with Crippen molar-refractivity contribution in [3.05, 3.63) is 179 Å². The number of aliphatic imine (C=N–C) groups is 1. The summed E-state index contributed by atoms with van der Waals surface area (Å²) in [6.07, 6.45) is 0.481. The molecule has 0 bridgehead atoms. The van der Waals surface area contributed by atoms with Gasteiger partial charge in [0.05, 0.1) is 11.8 Å². The molecule has 5 aromatic carbocycles. The van der Waals surface area contributed by atoms with Gasteiger partial charge in [-0.1, -0.05) is 146 Å². The molecule has 272 valence electrons. The van der Waals surface area contributed by atoms with Crippen LogP contribution in [0.25, 0.3) is 0 Å². The van der Waals surface area contributed by atoms with E-state index in [1.165, 1.54) is 0 Å². The number of carboxylic acids is 1. The first kappa shape index (κ1) is 36.2. The molecular weight excluding hydrogens is 679 g/mol. The monoisotopic (exact) mass is 719 g/mol. The number of nitrogens with zero attached hydrogens (tertiary/aromatic N) is 3. The number of likely N-dealkylation sites (tertiary alicyclic amines) is 1. The number of carbonyl (C=O) groups is 4. The number of cyclic esters (lactones) is 1. The second-order valence-corrected chi connectivity index (χ2v) is 13.6. The fourth-order valence-electron chi connectivity index (χ4n) is 7.58. The zero-order valence-electron chi connectivity index (χ0n) is 29.7. The van der Waals surface area contributed by atoms with Crippen molar-refractivity contribution in [2.24, 2.45) is 4.99 Å². The van der Waals surface area contributed by atoms with Crippen LogP contribution in [0.1, 0.15) is 69.4 Å². The molecule has 7 rings (SSSR count). The third-order valence-electron chi connectivity index (χ3n) is 10.2. The third kappa shape index (κ3) is 7.91. The van der Waals surface area contributed by atoms with E-state index < -0.39 is 36.0 Å². The largest absolute Gasteiger partial charge is 0.480 e. The van der Waals surface area contributed by atoms with Crippen LogP contribution in [-0.4, -0.2) is 69.6 Å². The first-order valence-corrected chi connectivity index (χ1v) is 18.3. The maximum atomic E-state index is 14.5. The summed E-state index contributed by atoms with van der Waals surface area (Å²) in [5, 5.41) is 10.9. The zero-order chi connectivity index (χ0) is 37.4. The van der Waals surface area contributed by atoms with Crippen molar-refractivity contribution in [1.82, 2.24) is 9.80 Å². The lowest BCUT2D eigenvalue weighted by Crippen LogP contribution is -2.38. The molecule has 0 radical (unpaired) electrons. The van der Waals surface area contributed by atoms with Crippen LogP contribution in [0.2, 0.25) is 0 Å². The average Bonchev–Trinajstić information content (AvgIpc) is 3.85. The molecule has 9 nitrogen and oxygen atoms in total. The Kier molecular flexibility index (Phi) is 11.2. The molecule has 2 heterocycles. The molecule has 4 atom stereocenters. The Morgan fingerprint density at radius 1 is 0.759 bits per heavy atom. The van der Waals surface area contributed by atoms with E-state index in [0.717, 1.165) is 29.0 Å². The summed E-state index contributed by atoms with van der Waals surface area (Å²) in [6.45, 7) is 1.43. The molecular formula is C45H41N3O6. The van der Waals surface area contributed by atoms with E-state index in [4.69, 9.17) is 9.73 Å². The Hall–Kier alpha value is -6.19. The lowest BCUT2D eigenvalue weighted by Gasteiger charge is -2.27. The highest BCUT2D eigenvalue weighted by molar-refractivity contribution is 6.19. The Labute approximate surface area is 314 Å². The summed E-state index contributed by atoms with van der Waals surface area (Å²) >= 11 is 0. The maximum absolute atomic E-state index is 14.5. The highest BCUT2D eigenvalue weighted by atomic mass is 16.6. The summed E-state index contributed by atoms with van der Waals surface area (Å²) in [5.74, 6) is -2.84. The molecule has 0 aliphatic carbocycles. The number of Topliss-reactive ketones (excluding diaryl/α,β-unsaturated/α-hetero) is 1. The van der Waals surface area contributed by atoms with Crippen LogP contribution >= 0.6 is 0 Å². The second kappa shape index (κ2) is 16.7. The van der Waals surface area contributed by atoms with Crippen LogP contribution in [0, 0.1) is 0 Å². The van der Waals surface area contributed by atoms with E-state index in [-0.39, 0.29) is 24.9 Å². The number of carbonyl (C=O) groups excluding carboxylic acids is 3. The van der Waals surface area contributed by atoms with Crippen LogP contribution in [0.5, 0.6) is 0 Å². The Bertz CT molecular complexity index is 2120. The van der Waals surface area contributed by atoms with Gasteiger partial charge in [-0.25, -0.2) is 14.5 Å². The smallest absolute Gasteiger partial charge is 0.417 e. The Morgan fingerprint density at radius 2 is 1.35 bits per heavy atom. The molecule has 2 saturated heterocycles. The summed E-state index contributed by atoms with van der Waals surface area (Å²) in [5.41, 5.74) is 4.35. The molecule has 2 amide bonds. The van der Waals surface area contributed by atoms with Gasteiger partial charge in [-0.2, -0.15) is 0 Å². The number of carboxylic acid groups (broad SMARTS) is 1. The highest BCUT2D eigenvalue weighted by Gasteiger charge is 2.42. The van der Waals surface area contributed by atoms with Crippen LogP contribution in [0.3, 0.4) is 0 Å². The van der Waals surface area contributed by atoms with Crippen LogP contribution < -0.4 is 0 Å². The van der Waals surface area contributed by atoms with Gasteiger partial charge >= 0.3 is 12.1 Å². The van der Waals surface area contributed by atoms with E-state index in [1.807, 2.05) is 103 Å². The first-order valence-electron chi connectivity index (χ1n) is 18.3. The quantitative estimate of drug-likeness (QED) is 0.0979. The Morgan fingerprint density at radius 3 is 2.02 bits per heavy atom. The molecule has 2 aliphatic rings. The van der Waals surface area contributed by atoms with Crippen molar-refractivity contribution in [3.63, 3.8) is 0 Å². The highest BCUT2D eigenvalue weighted by Crippen LogP contribution is 2.34. The number of ketones is 1. The van der Waals surface area contributed by atoms with E-state index in [9.17, 15) is 24.3 Å². The van der Waals surface area contributed by atoms with Crippen molar-refractivity contribution >= 4 is 29.5 Å². The van der Waals surface area contributed by atoms with Gasteiger partial charge in [0.15, 0.2) is 11.8 Å². The average molecular weight is 720 g/mol. The Balaban J connectivity index is 1.28. The number of amides is 2. The standard InChI is InChI=1S/C45H41N3O6/c49-40(48-39(30-54-45(48)53)33-20-9-3-10-21-33)28-37(32-18-7-2-8-19-32)42(44(51)52)46-41(34-22-11-4-12-23-34)35-24-13-14-25-36(35)43(50)38-26-15-27-47(38)29-31-16-5-1-6-17-31/h1-14,16-25,37-39,42H,15,26-30H2,(H,51,52)/t37-,38+,39-,42+/m1/s1. The molecule has 2 fully saturated rings. The SMILES string of the molecule is O=C(O)[C@@H](N=C(c1ccccc1)c1ccccc1C(=O)[C@@H]1CCCN1Cc1ccccc1)[C@H](CC(=O)N1C(=O)OC[C@@H]1c1ccccc1)c1ccccc1. The first-order chi connectivity index (χ1) is 26.4. The fourth-order valence-corrected chi connectivity index (χ4v) is 7.58. The van der Waals surface area contributed by atoms with Gasteiger partial charge in [-0.15, -0.1) is 0 Å². The molecule has 5 aromatic rings. The zero-order valence-corrected chi connectivity index (χ0v) is 29.7. The number of benzene rings is 5. The van der Waals surface area contributed by atoms with Gasteiger partial charge in [0.25, 0.3) is 0 Å².